The fourth-order valence-corrected chi connectivity index (χ4v) is 3.89. The van der Waals surface area contributed by atoms with Crippen molar-refractivity contribution in [2.75, 3.05) is 16.3 Å². The van der Waals surface area contributed by atoms with E-state index in [-0.39, 0.29) is 5.91 Å². The van der Waals surface area contributed by atoms with Gasteiger partial charge in [0, 0.05) is 47.2 Å². The fourth-order valence-electron chi connectivity index (χ4n) is 3.32. The van der Waals surface area contributed by atoms with Crippen LogP contribution in [-0.2, 0) is 21.4 Å². The Labute approximate surface area is 198 Å². The molecule has 2 heterocycles. The van der Waals surface area contributed by atoms with Crippen LogP contribution in [0.25, 0.3) is 17.3 Å². The van der Waals surface area contributed by atoms with Crippen molar-refractivity contribution in [1.29, 1.82) is 0 Å². The first-order chi connectivity index (χ1) is 16.4. The molecule has 0 saturated heterocycles. The van der Waals surface area contributed by atoms with Gasteiger partial charge in [-0.05, 0) is 48.0 Å². The lowest BCUT2D eigenvalue weighted by Crippen LogP contribution is -2.10. The van der Waals surface area contributed by atoms with E-state index in [4.69, 9.17) is 5.10 Å². The number of aromatic nitrogens is 3. The molecule has 0 bridgehead atoms. The van der Waals surface area contributed by atoms with Gasteiger partial charge in [-0.15, -0.1) is 0 Å². The van der Waals surface area contributed by atoms with Gasteiger partial charge in [0.05, 0.1) is 12.8 Å². The van der Waals surface area contributed by atoms with E-state index in [1.807, 2.05) is 53.3 Å². The number of carbonyl (C=O) groups is 1. The lowest BCUT2D eigenvalue weighted by atomic mass is 10.1. The summed E-state index contributed by atoms with van der Waals surface area (Å²) in [6, 6.07) is 20.2. The van der Waals surface area contributed by atoms with Crippen molar-refractivity contribution in [2.24, 2.45) is 0 Å². The number of sulfonamides is 1. The molecular formula is C25H23N5O3S. The van der Waals surface area contributed by atoms with Gasteiger partial charge in [-0.25, -0.2) is 8.42 Å². The molecule has 172 valence electrons. The second kappa shape index (κ2) is 10.1. The van der Waals surface area contributed by atoms with Gasteiger partial charge in [0.15, 0.2) is 0 Å². The van der Waals surface area contributed by atoms with Gasteiger partial charge < -0.3 is 5.32 Å². The minimum atomic E-state index is -3.36. The smallest absolute Gasteiger partial charge is 0.248 e. The van der Waals surface area contributed by atoms with Crippen LogP contribution in [0.5, 0.6) is 0 Å². The molecule has 2 aromatic carbocycles. The van der Waals surface area contributed by atoms with Crippen LogP contribution >= 0.6 is 0 Å². The lowest BCUT2D eigenvalue weighted by Gasteiger charge is -2.06. The van der Waals surface area contributed by atoms with Crippen molar-refractivity contribution in [3.63, 3.8) is 0 Å². The fraction of sp³-hybridized carbons (Fsp3) is 0.0800. The molecule has 2 N–H and O–H groups in total. The Balaban J connectivity index is 1.51. The zero-order valence-corrected chi connectivity index (χ0v) is 19.2. The molecule has 0 aliphatic carbocycles. The van der Waals surface area contributed by atoms with Gasteiger partial charge in [0.1, 0.15) is 5.69 Å². The molecule has 1 amide bonds. The molecule has 34 heavy (non-hydrogen) atoms. The van der Waals surface area contributed by atoms with Crippen molar-refractivity contribution < 1.29 is 13.2 Å². The highest BCUT2D eigenvalue weighted by molar-refractivity contribution is 7.92. The van der Waals surface area contributed by atoms with E-state index in [1.165, 1.54) is 6.08 Å². The van der Waals surface area contributed by atoms with E-state index in [0.717, 1.165) is 28.6 Å². The summed E-state index contributed by atoms with van der Waals surface area (Å²) in [7, 11) is -3.36. The Bertz CT molecular complexity index is 1400. The van der Waals surface area contributed by atoms with Gasteiger partial charge in [-0.3, -0.25) is 19.2 Å². The molecular weight excluding hydrogens is 450 g/mol. The highest BCUT2D eigenvalue weighted by Gasteiger charge is 2.11. The number of anilines is 2. The number of benzene rings is 2. The van der Waals surface area contributed by atoms with Crippen LogP contribution in [0.15, 0.2) is 91.4 Å². The maximum absolute atomic E-state index is 12.5. The number of hydrogen-bond acceptors (Lipinski definition) is 5. The molecule has 4 rings (SSSR count). The SMILES string of the molecule is CS(=O)(=O)Nc1ccc(NC(=O)/C=C/c2cn(Cc3ccccc3)nc2-c2cccnc2)cc1. The maximum atomic E-state index is 12.5. The van der Waals surface area contributed by atoms with Crippen LogP contribution in [0.2, 0.25) is 0 Å². The summed E-state index contributed by atoms with van der Waals surface area (Å²) in [6.45, 7) is 0.599. The molecule has 0 unspecified atom stereocenters. The van der Waals surface area contributed by atoms with Gasteiger partial charge >= 0.3 is 0 Å². The van der Waals surface area contributed by atoms with Crippen molar-refractivity contribution in [1.82, 2.24) is 14.8 Å². The number of hydrogen-bond donors (Lipinski definition) is 2. The van der Waals surface area contributed by atoms with E-state index in [0.29, 0.717) is 17.9 Å². The third-order valence-corrected chi connectivity index (χ3v) is 5.39. The lowest BCUT2D eigenvalue weighted by molar-refractivity contribution is -0.111. The Morgan fingerprint density at radius 3 is 2.41 bits per heavy atom. The first kappa shape index (κ1) is 22.9. The number of amides is 1. The minimum Gasteiger partial charge on any atom is -0.323 e. The van der Waals surface area contributed by atoms with E-state index in [1.54, 1.807) is 42.7 Å². The molecule has 0 aliphatic heterocycles. The minimum absolute atomic E-state index is 0.322. The number of carbonyl (C=O) groups excluding carboxylic acids is 1. The first-order valence-electron chi connectivity index (χ1n) is 10.4. The molecule has 0 saturated carbocycles. The average molecular weight is 474 g/mol. The van der Waals surface area contributed by atoms with Crippen LogP contribution in [0.3, 0.4) is 0 Å². The Hall–Kier alpha value is -4.24. The van der Waals surface area contributed by atoms with E-state index >= 15 is 0 Å². The van der Waals surface area contributed by atoms with E-state index in [2.05, 4.69) is 15.0 Å². The second-order valence-electron chi connectivity index (χ2n) is 7.63. The average Bonchev–Trinajstić information content (AvgIpc) is 3.22. The zero-order valence-electron chi connectivity index (χ0n) is 18.4. The summed E-state index contributed by atoms with van der Waals surface area (Å²) in [6.07, 6.45) is 9.56. The molecule has 0 spiro atoms. The third kappa shape index (κ3) is 6.39. The third-order valence-electron chi connectivity index (χ3n) is 4.78. The summed E-state index contributed by atoms with van der Waals surface area (Å²) in [5, 5.41) is 7.48. The predicted octanol–water partition coefficient (Wildman–Crippen LogP) is 4.02. The first-order valence-corrected chi connectivity index (χ1v) is 12.3. The summed E-state index contributed by atoms with van der Waals surface area (Å²) in [5.41, 5.74) is 4.44. The zero-order chi connectivity index (χ0) is 24.0. The predicted molar refractivity (Wildman–Crippen MR) is 134 cm³/mol. The quantitative estimate of drug-likeness (QED) is 0.376. The normalized spacial score (nSPS) is 11.4. The van der Waals surface area contributed by atoms with Crippen LogP contribution < -0.4 is 10.0 Å². The standard InChI is InChI=1S/C25H23N5O3S/c1-34(32,33)29-23-12-10-22(11-13-23)27-24(31)14-9-21-18-30(17-19-6-3-2-4-7-19)28-25(21)20-8-5-15-26-16-20/h2-16,18,29H,17H2,1H3,(H,27,31)/b14-9+. The Morgan fingerprint density at radius 1 is 1.00 bits per heavy atom. The summed E-state index contributed by atoms with van der Waals surface area (Å²) < 4.78 is 26.9. The second-order valence-corrected chi connectivity index (χ2v) is 9.38. The number of rotatable bonds is 8. The molecule has 0 aliphatic rings. The van der Waals surface area contributed by atoms with Gasteiger partial charge in [-0.2, -0.15) is 5.10 Å². The highest BCUT2D eigenvalue weighted by atomic mass is 32.2. The van der Waals surface area contributed by atoms with E-state index in [9.17, 15) is 13.2 Å². The highest BCUT2D eigenvalue weighted by Crippen LogP contribution is 2.23. The number of nitrogens with one attached hydrogen (secondary N) is 2. The summed E-state index contributed by atoms with van der Waals surface area (Å²) in [5.74, 6) is -0.322. The van der Waals surface area contributed by atoms with Crippen LogP contribution in [0, 0.1) is 0 Å². The molecule has 0 radical (unpaired) electrons. The van der Waals surface area contributed by atoms with Crippen LogP contribution in [-0.4, -0.2) is 35.3 Å². The maximum Gasteiger partial charge on any atom is 0.248 e. The number of nitrogens with zero attached hydrogens (tertiary/aromatic N) is 3. The molecule has 0 fully saturated rings. The Kier molecular flexibility index (Phi) is 6.84. The largest absolute Gasteiger partial charge is 0.323 e. The van der Waals surface area contributed by atoms with Gasteiger partial charge in [-0.1, -0.05) is 30.3 Å². The monoisotopic (exact) mass is 473 g/mol. The van der Waals surface area contributed by atoms with Crippen molar-refractivity contribution in [2.45, 2.75) is 6.54 Å². The Morgan fingerprint density at radius 2 is 1.74 bits per heavy atom. The van der Waals surface area contributed by atoms with E-state index < -0.39 is 10.0 Å². The molecule has 9 heteroatoms. The topological polar surface area (TPSA) is 106 Å². The number of pyridine rings is 1. The van der Waals surface area contributed by atoms with Crippen molar-refractivity contribution in [3.8, 4) is 11.3 Å². The molecule has 4 aromatic rings. The summed E-state index contributed by atoms with van der Waals surface area (Å²) >= 11 is 0. The molecule has 8 nitrogen and oxygen atoms in total. The summed E-state index contributed by atoms with van der Waals surface area (Å²) in [4.78, 5) is 16.7. The van der Waals surface area contributed by atoms with Crippen LogP contribution in [0.4, 0.5) is 11.4 Å². The van der Waals surface area contributed by atoms with Gasteiger partial charge in [0.25, 0.3) is 0 Å². The van der Waals surface area contributed by atoms with Gasteiger partial charge in [0.2, 0.25) is 15.9 Å². The van der Waals surface area contributed by atoms with Crippen molar-refractivity contribution >= 4 is 33.4 Å². The van der Waals surface area contributed by atoms with Crippen molar-refractivity contribution in [3.05, 3.63) is 103 Å². The molecule has 2 aromatic heterocycles. The van der Waals surface area contributed by atoms with Crippen LogP contribution in [0.1, 0.15) is 11.1 Å². The molecule has 0 atom stereocenters.